The topological polar surface area (TPSA) is 64.4 Å². The van der Waals surface area contributed by atoms with Crippen LogP contribution >= 0.6 is 0 Å². The fourth-order valence-electron chi connectivity index (χ4n) is 2.74. The van der Waals surface area contributed by atoms with Crippen molar-refractivity contribution in [2.75, 3.05) is 11.4 Å². The summed E-state index contributed by atoms with van der Waals surface area (Å²) in [6.45, 7) is 0.643. The second-order valence-corrected chi connectivity index (χ2v) is 4.82. The number of hydrogen-bond donors (Lipinski definition) is 0. The van der Waals surface area contributed by atoms with Crippen LogP contribution in [0.2, 0.25) is 0 Å². The second kappa shape index (κ2) is 4.39. The highest BCUT2D eigenvalue weighted by molar-refractivity contribution is 6.21. The molecule has 5 heteroatoms. The van der Waals surface area contributed by atoms with Gasteiger partial charge in [0.25, 0.3) is 5.91 Å². The summed E-state index contributed by atoms with van der Waals surface area (Å²) in [7, 11) is 0. The minimum atomic E-state index is -0.313. The van der Waals surface area contributed by atoms with Gasteiger partial charge in [0.05, 0.1) is 17.3 Å². The summed E-state index contributed by atoms with van der Waals surface area (Å²) >= 11 is 0. The second-order valence-electron chi connectivity index (χ2n) is 4.82. The van der Waals surface area contributed by atoms with Crippen LogP contribution in [0.1, 0.15) is 24.8 Å². The monoisotopic (exact) mass is 255 g/mol. The maximum atomic E-state index is 12.3. The molecule has 1 atom stereocenters. The highest BCUT2D eigenvalue weighted by Gasteiger charge is 2.46. The molecule has 0 N–H and O–H groups in total. The standard InChI is InChI=1S/C14H13N3O2/c15-9-10-4-3-5-11(8-10)17-13(18)12-6-1-2-7-16(12)14(17)19/h3-5,8,12H,1-2,6-7H2. The Morgan fingerprint density at radius 1 is 1.26 bits per heavy atom. The van der Waals surface area contributed by atoms with Crippen LogP contribution in [0.5, 0.6) is 0 Å². The fourth-order valence-corrected chi connectivity index (χ4v) is 2.74. The molecule has 0 radical (unpaired) electrons. The zero-order chi connectivity index (χ0) is 13.4. The normalized spacial score (nSPS) is 22.4. The molecule has 1 aromatic carbocycles. The molecule has 0 aromatic heterocycles. The molecule has 0 spiro atoms. The highest BCUT2D eigenvalue weighted by Crippen LogP contribution is 2.30. The maximum Gasteiger partial charge on any atom is 0.332 e. The lowest BCUT2D eigenvalue weighted by Crippen LogP contribution is -2.39. The number of carbonyl (C=O) groups is 2. The van der Waals surface area contributed by atoms with Crippen LogP contribution in [0.4, 0.5) is 10.5 Å². The zero-order valence-corrected chi connectivity index (χ0v) is 10.4. The van der Waals surface area contributed by atoms with Crippen LogP contribution in [0.3, 0.4) is 0 Å². The summed E-state index contributed by atoms with van der Waals surface area (Å²) in [5.74, 6) is -0.167. The Hall–Kier alpha value is -2.35. The molecule has 0 saturated carbocycles. The van der Waals surface area contributed by atoms with Gasteiger partial charge in [-0.1, -0.05) is 6.07 Å². The van der Waals surface area contributed by atoms with Crippen LogP contribution in [-0.4, -0.2) is 29.4 Å². The minimum absolute atomic E-state index is 0.167. The van der Waals surface area contributed by atoms with Gasteiger partial charge in [0.2, 0.25) is 0 Å². The van der Waals surface area contributed by atoms with Gasteiger partial charge in [-0.3, -0.25) is 4.79 Å². The summed E-state index contributed by atoms with van der Waals surface area (Å²) in [6.07, 6.45) is 2.66. The SMILES string of the molecule is N#Cc1cccc(N2C(=O)C3CCCCN3C2=O)c1. The number of hydrogen-bond acceptors (Lipinski definition) is 3. The van der Waals surface area contributed by atoms with Crippen molar-refractivity contribution >= 4 is 17.6 Å². The van der Waals surface area contributed by atoms with Gasteiger partial charge in [0.15, 0.2) is 0 Å². The number of imide groups is 1. The van der Waals surface area contributed by atoms with E-state index < -0.39 is 0 Å². The van der Waals surface area contributed by atoms with E-state index in [4.69, 9.17) is 5.26 Å². The van der Waals surface area contributed by atoms with Crippen molar-refractivity contribution < 1.29 is 9.59 Å². The highest BCUT2D eigenvalue weighted by atomic mass is 16.2. The molecule has 19 heavy (non-hydrogen) atoms. The van der Waals surface area contributed by atoms with Gasteiger partial charge in [0, 0.05) is 6.54 Å². The van der Waals surface area contributed by atoms with Crippen molar-refractivity contribution in [2.45, 2.75) is 25.3 Å². The Balaban J connectivity index is 1.98. The zero-order valence-electron chi connectivity index (χ0n) is 10.4. The van der Waals surface area contributed by atoms with E-state index in [0.29, 0.717) is 17.8 Å². The van der Waals surface area contributed by atoms with Gasteiger partial charge in [-0.15, -0.1) is 0 Å². The van der Waals surface area contributed by atoms with Crippen molar-refractivity contribution in [2.24, 2.45) is 0 Å². The van der Waals surface area contributed by atoms with E-state index in [0.717, 1.165) is 19.3 Å². The number of rotatable bonds is 1. The average Bonchev–Trinajstić information content (AvgIpc) is 2.72. The molecule has 0 bridgehead atoms. The molecule has 5 nitrogen and oxygen atoms in total. The summed E-state index contributed by atoms with van der Waals surface area (Å²) in [5.41, 5.74) is 0.937. The predicted molar refractivity (Wildman–Crippen MR) is 68.4 cm³/mol. The van der Waals surface area contributed by atoms with Gasteiger partial charge in [-0.25, -0.2) is 9.69 Å². The molecule has 0 aliphatic carbocycles. The quantitative estimate of drug-likeness (QED) is 0.720. The molecule has 3 rings (SSSR count). The summed E-state index contributed by atoms with van der Waals surface area (Å²) in [6, 6.07) is 8.06. The van der Waals surface area contributed by atoms with Gasteiger partial charge < -0.3 is 4.90 Å². The molecule has 96 valence electrons. The Kier molecular flexibility index (Phi) is 2.71. The van der Waals surface area contributed by atoms with Crippen molar-refractivity contribution in [3.8, 4) is 6.07 Å². The first-order valence-electron chi connectivity index (χ1n) is 6.37. The van der Waals surface area contributed by atoms with Crippen molar-refractivity contribution in [1.29, 1.82) is 5.26 Å². The molecule has 2 saturated heterocycles. The molecule has 3 amide bonds. The molecular formula is C14H13N3O2. The molecule has 2 aliphatic rings. The number of anilines is 1. The fraction of sp³-hybridized carbons (Fsp3) is 0.357. The maximum absolute atomic E-state index is 12.3. The molecule has 2 fully saturated rings. The molecule has 1 aromatic rings. The summed E-state index contributed by atoms with van der Waals surface area (Å²) in [4.78, 5) is 27.5. The number of piperidine rings is 1. The number of urea groups is 1. The Morgan fingerprint density at radius 3 is 2.84 bits per heavy atom. The van der Waals surface area contributed by atoms with Crippen molar-refractivity contribution in [1.82, 2.24) is 4.90 Å². The first kappa shape index (κ1) is 11.7. The van der Waals surface area contributed by atoms with E-state index >= 15 is 0 Å². The predicted octanol–water partition coefficient (Wildman–Crippen LogP) is 1.88. The van der Waals surface area contributed by atoms with E-state index in [2.05, 4.69) is 0 Å². The largest absolute Gasteiger partial charge is 0.332 e. The van der Waals surface area contributed by atoms with Crippen LogP contribution in [0.25, 0.3) is 0 Å². The number of carbonyl (C=O) groups excluding carboxylic acids is 2. The third-order valence-electron chi connectivity index (χ3n) is 3.68. The van der Waals surface area contributed by atoms with E-state index in [-0.39, 0.29) is 18.0 Å². The van der Waals surface area contributed by atoms with Gasteiger partial charge in [0.1, 0.15) is 6.04 Å². The van der Waals surface area contributed by atoms with E-state index in [9.17, 15) is 9.59 Å². The van der Waals surface area contributed by atoms with Gasteiger partial charge in [-0.2, -0.15) is 5.26 Å². The van der Waals surface area contributed by atoms with Crippen LogP contribution in [-0.2, 0) is 4.79 Å². The smallest absolute Gasteiger partial charge is 0.312 e. The Labute approximate surface area is 111 Å². The lowest BCUT2D eigenvalue weighted by molar-refractivity contribution is -0.120. The summed E-state index contributed by atoms with van der Waals surface area (Å²) < 4.78 is 0. The molecule has 2 heterocycles. The number of nitriles is 1. The number of amides is 3. The van der Waals surface area contributed by atoms with Crippen molar-refractivity contribution in [3.05, 3.63) is 29.8 Å². The first-order valence-corrected chi connectivity index (χ1v) is 6.37. The lowest BCUT2D eigenvalue weighted by Gasteiger charge is -2.25. The van der Waals surface area contributed by atoms with Gasteiger partial charge in [-0.05, 0) is 37.5 Å². The number of benzene rings is 1. The minimum Gasteiger partial charge on any atom is -0.312 e. The van der Waals surface area contributed by atoms with E-state index in [1.807, 2.05) is 6.07 Å². The Bertz CT molecular complexity index is 567. The van der Waals surface area contributed by atoms with Crippen molar-refractivity contribution in [3.63, 3.8) is 0 Å². The van der Waals surface area contributed by atoms with E-state index in [1.54, 1.807) is 29.2 Å². The lowest BCUT2D eigenvalue weighted by atomic mass is 10.0. The Morgan fingerprint density at radius 2 is 2.11 bits per heavy atom. The molecule has 1 unspecified atom stereocenters. The number of nitrogens with zero attached hydrogens (tertiary/aromatic N) is 3. The third kappa shape index (κ3) is 1.76. The number of fused-ring (bicyclic) bond motifs is 1. The molecule has 2 aliphatic heterocycles. The first-order chi connectivity index (χ1) is 9.22. The van der Waals surface area contributed by atoms with Crippen LogP contribution in [0.15, 0.2) is 24.3 Å². The van der Waals surface area contributed by atoms with Crippen LogP contribution < -0.4 is 4.90 Å². The van der Waals surface area contributed by atoms with Gasteiger partial charge >= 0.3 is 6.03 Å². The third-order valence-corrected chi connectivity index (χ3v) is 3.68. The van der Waals surface area contributed by atoms with Crippen LogP contribution in [0, 0.1) is 11.3 Å². The average molecular weight is 255 g/mol. The molecular weight excluding hydrogens is 242 g/mol. The van der Waals surface area contributed by atoms with E-state index in [1.165, 1.54) is 4.90 Å². The summed E-state index contributed by atoms with van der Waals surface area (Å²) in [5, 5.41) is 8.89.